The van der Waals surface area contributed by atoms with Gasteiger partial charge in [0, 0.05) is 11.8 Å². The Hall–Kier alpha value is -2.67. The van der Waals surface area contributed by atoms with E-state index in [0.29, 0.717) is 23.5 Å². The first-order chi connectivity index (χ1) is 13.5. The number of carbonyl (C=O) groups excluding carboxylic acids is 1. The van der Waals surface area contributed by atoms with Crippen LogP contribution in [0.15, 0.2) is 53.6 Å². The number of fused-ring (bicyclic) bond motifs is 1. The largest absolute Gasteiger partial charge is 0.495 e. The van der Waals surface area contributed by atoms with Crippen LogP contribution in [0.5, 0.6) is 5.75 Å². The molecule has 146 valence electrons. The second-order valence-corrected chi connectivity index (χ2v) is 8.96. The van der Waals surface area contributed by atoms with Crippen LogP contribution in [0.4, 0.5) is 0 Å². The monoisotopic (exact) mass is 398 g/mol. The molecule has 1 aliphatic carbocycles. The van der Waals surface area contributed by atoms with Crippen LogP contribution < -0.4 is 4.74 Å². The van der Waals surface area contributed by atoms with E-state index in [1.54, 1.807) is 30.3 Å². The van der Waals surface area contributed by atoms with E-state index in [1.165, 1.54) is 25.4 Å². The van der Waals surface area contributed by atoms with E-state index in [1.807, 2.05) is 0 Å². The van der Waals surface area contributed by atoms with E-state index in [0.717, 1.165) is 29.7 Å². The molecule has 1 aliphatic rings. The number of pyridine rings is 1. The van der Waals surface area contributed by atoms with Gasteiger partial charge in [-0.1, -0.05) is 43.9 Å². The topological polar surface area (TPSA) is 78.3 Å². The molecule has 0 spiro atoms. The van der Waals surface area contributed by atoms with Gasteiger partial charge in [-0.05, 0) is 30.2 Å². The number of nitrogens with zero attached hydrogens (tertiary/aromatic N) is 2. The number of hydrogen-bond donors (Lipinski definition) is 0. The Bertz CT molecular complexity index is 1110. The number of rotatable bonds is 6. The number of hydrogen-bond acceptors (Lipinski definition) is 5. The first kappa shape index (κ1) is 18.7. The van der Waals surface area contributed by atoms with Gasteiger partial charge in [0.15, 0.2) is 11.4 Å². The van der Waals surface area contributed by atoms with Crippen molar-refractivity contribution in [2.75, 3.05) is 7.11 Å². The summed E-state index contributed by atoms with van der Waals surface area (Å²) in [6, 6.07) is 11.4. The fraction of sp³-hybridized carbons (Fsp3) is 0.333. The minimum atomic E-state index is -3.96. The lowest BCUT2D eigenvalue weighted by Gasteiger charge is -2.12. The van der Waals surface area contributed by atoms with Crippen molar-refractivity contribution in [3.63, 3.8) is 0 Å². The van der Waals surface area contributed by atoms with Gasteiger partial charge in [-0.15, -0.1) is 0 Å². The molecule has 6 nitrogen and oxygen atoms in total. The van der Waals surface area contributed by atoms with Crippen LogP contribution in [0.2, 0.25) is 0 Å². The van der Waals surface area contributed by atoms with E-state index in [-0.39, 0.29) is 22.0 Å². The highest BCUT2D eigenvalue weighted by Gasteiger charge is 2.29. The summed E-state index contributed by atoms with van der Waals surface area (Å²) in [5.74, 6) is 0.667. The fourth-order valence-electron chi connectivity index (χ4n) is 3.88. The molecule has 0 unspecified atom stereocenters. The molecule has 1 aromatic carbocycles. The van der Waals surface area contributed by atoms with Crippen molar-refractivity contribution in [1.82, 2.24) is 8.96 Å². The summed E-state index contributed by atoms with van der Waals surface area (Å²) in [7, 11) is -2.44. The van der Waals surface area contributed by atoms with Gasteiger partial charge in [0.1, 0.15) is 11.4 Å². The third kappa shape index (κ3) is 3.30. The van der Waals surface area contributed by atoms with Gasteiger partial charge < -0.3 is 4.74 Å². The van der Waals surface area contributed by atoms with E-state index in [2.05, 4.69) is 4.98 Å². The number of aromatic nitrogens is 2. The predicted molar refractivity (Wildman–Crippen MR) is 106 cm³/mol. The van der Waals surface area contributed by atoms with Gasteiger partial charge in [0.2, 0.25) is 0 Å². The van der Waals surface area contributed by atoms with Crippen LogP contribution in [0, 0.1) is 5.92 Å². The van der Waals surface area contributed by atoms with E-state index in [4.69, 9.17) is 4.74 Å². The van der Waals surface area contributed by atoms with Crippen LogP contribution >= 0.6 is 0 Å². The SMILES string of the molecule is COc1cnc2c(c1)cc(C(=O)CC1CCCC1)n2S(=O)(=O)c1ccccc1. The Morgan fingerprint density at radius 1 is 1.18 bits per heavy atom. The molecule has 1 saturated carbocycles. The zero-order valence-corrected chi connectivity index (χ0v) is 16.5. The Labute approximate surface area is 164 Å². The highest BCUT2D eigenvalue weighted by Crippen LogP contribution is 2.32. The number of benzene rings is 1. The highest BCUT2D eigenvalue weighted by molar-refractivity contribution is 7.90. The molecule has 1 fully saturated rings. The minimum absolute atomic E-state index is 0.125. The summed E-state index contributed by atoms with van der Waals surface area (Å²) in [5, 5.41) is 0.564. The van der Waals surface area contributed by atoms with Crippen LogP contribution in [-0.2, 0) is 10.0 Å². The summed E-state index contributed by atoms with van der Waals surface area (Å²) in [6.45, 7) is 0. The molecule has 0 saturated heterocycles. The summed E-state index contributed by atoms with van der Waals surface area (Å²) < 4.78 is 33.0. The van der Waals surface area contributed by atoms with Crippen molar-refractivity contribution < 1.29 is 17.9 Å². The number of carbonyl (C=O) groups is 1. The van der Waals surface area contributed by atoms with Crippen LogP contribution in [0.3, 0.4) is 0 Å². The van der Waals surface area contributed by atoms with Gasteiger partial charge in [0.25, 0.3) is 10.0 Å². The number of ketones is 1. The predicted octanol–water partition coefficient (Wildman–Crippen LogP) is 4.04. The minimum Gasteiger partial charge on any atom is -0.495 e. The van der Waals surface area contributed by atoms with E-state index < -0.39 is 10.0 Å². The Morgan fingerprint density at radius 2 is 1.89 bits per heavy atom. The standard InChI is InChI=1S/C21H22N2O4S/c1-27-17-12-16-13-19(20(24)11-15-7-5-6-8-15)23(21(16)22-14-17)28(25,26)18-9-3-2-4-10-18/h2-4,9-10,12-15H,5-8,11H2,1H3. The van der Waals surface area contributed by atoms with Crippen molar-refractivity contribution in [1.29, 1.82) is 0 Å². The maximum absolute atomic E-state index is 13.4. The van der Waals surface area contributed by atoms with E-state index >= 15 is 0 Å². The first-order valence-electron chi connectivity index (χ1n) is 9.40. The molecular weight excluding hydrogens is 376 g/mol. The molecule has 0 bridgehead atoms. The molecule has 4 rings (SSSR count). The van der Waals surface area contributed by atoms with Crippen LogP contribution in [0.1, 0.15) is 42.6 Å². The third-order valence-electron chi connectivity index (χ3n) is 5.33. The van der Waals surface area contributed by atoms with Gasteiger partial charge >= 0.3 is 0 Å². The average molecular weight is 398 g/mol. The van der Waals surface area contributed by atoms with Gasteiger partial charge in [0.05, 0.1) is 18.2 Å². The number of Topliss-reactive ketones (excluding diaryl/α,β-unsaturated/α-hetero) is 1. The lowest BCUT2D eigenvalue weighted by Crippen LogP contribution is -2.20. The van der Waals surface area contributed by atoms with Gasteiger partial charge in [-0.25, -0.2) is 17.4 Å². The second-order valence-electron chi connectivity index (χ2n) is 7.18. The van der Waals surface area contributed by atoms with Crippen molar-refractivity contribution in [2.24, 2.45) is 5.92 Å². The smallest absolute Gasteiger partial charge is 0.270 e. The summed E-state index contributed by atoms with van der Waals surface area (Å²) >= 11 is 0. The summed E-state index contributed by atoms with van der Waals surface area (Å²) in [4.78, 5) is 17.5. The zero-order chi connectivity index (χ0) is 19.7. The maximum Gasteiger partial charge on any atom is 0.270 e. The summed E-state index contributed by atoms with van der Waals surface area (Å²) in [5.41, 5.74) is 0.394. The van der Waals surface area contributed by atoms with Crippen molar-refractivity contribution >= 4 is 26.8 Å². The molecule has 0 radical (unpaired) electrons. The zero-order valence-electron chi connectivity index (χ0n) is 15.7. The summed E-state index contributed by atoms with van der Waals surface area (Å²) in [6.07, 6.45) is 6.11. The molecule has 0 N–H and O–H groups in total. The first-order valence-corrected chi connectivity index (χ1v) is 10.8. The Balaban J connectivity index is 1.88. The van der Waals surface area contributed by atoms with Crippen LogP contribution in [-0.4, -0.2) is 30.3 Å². The lowest BCUT2D eigenvalue weighted by molar-refractivity contribution is 0.0956. The fourth-order valence-corrected chi connectivity index (χ4v) is 5.38. The van der Waals surface area contributed by atoms with Crippen molar-refractivity contribution in [2.45, 2.75) is 37.0 Å². The molecule has 0 atom stereocenters. The molecule has 2 heterocycles. The van der Waals surface area contributed by atoms with Crippen molar-refractivity contribution in [3.8, 4) is 5.75 Å². The third-order valence-corrected chi connectivity index (χ3v) is 7.04. The Kier molecular flexibility index (Phi) is 4.93. The molecule has 3 aromatic rings. The maximum atomic E-state index is 13.4. The number of ether oxygens (including phenoxy) is 1. The molecular formula is C21H22N2O4S. The van der Waals surface area contributed by atoms with Gasteiger partial charge in [-0.3, -0.25) is 4.79 Å². The molecule has 0 aliphatic heterocycles. The second kappa shape index (κ2) is 7.39. The normalized spacial score (nSPS) is 15.2. The molecule has 0 amide bonds. The highest BCUT2D eigenvalue weighted by atomic mass is 32.2. The molecule has 28 heavy (non-hydrogen) atoms. The van der Waals surface area contributed by atoms with Crippen molar-refractivity contribution in [3.05, 3.63) is 54.4 Å². The van der Waals surface area contributed by atoms with Crippen LogP contribution in [0.25, 0.3) is 11.0 Å². The molecule has 7 heteroatoms. The lowest BCUT2D eigenvalue weighted by atomic mass is 10.00. The van der Waals surface area contributed by atoms with Gasteiger partial charge in [-0.2, -0.15) is 0 Å². The van der Waals surface area contributed by atoms with E-state index in [9.17, 15) is 13.2 Å². The number of methoxy groups -OCH3 is 1. The Morgan fingerprint density at radius 3 is 2.57 bits per heavy atom. The molecule has 2 aromatic heterocycles. The average Bonchev–Trinajstić information content (AvgIpc) is 3.35. The quantitative estimate of drug-likeness (QED) is 0.586.